The average Bonchev–Trinajstić information content (AvgIpc) is 2.84. The van der Waals surface area contributed by atoms with Gasteiger partial charge in [0.15, 0.2) is 5.82 Å². The SMILES string of the molecule is O=[N+]([O-])c1cnc(NOCC2CCOC2)c(Br)c1. The summed E-state index contributed by atoms with van der Waals surface area (Å²) in [6, 6.07) is 1.37. The van der Waals surface area contributed by atoms with Gasteiger partial charge in [-0.1, -0.05) is 0 Å². The third-order valence-electron chi connectivity index (χ3n) is 2.55. The molecule has 98 valence electrons. The van der Waals surface area contributed by atoms with E-state index in [9.17, 15) is 10.1 Å². The number of rotatable bonds is 5. The van der Waals surface area contributed by atoms with E-state index in [0.29, 0.717) is 29.4 Å². The van der Waals surface area contributed by atoms with E-state index < -0.39 is 4.92 Å². The van der Waals surface area contributed by atoms with E-state index >= 15 is 0 Å². The molecule has 0 bridgehead atoms. The van der Waals surface area contributed by atoms with Crippen LogP contribution in [0.15, 0.2) is 16.7 Å². The Bertz CT molecular complexity index is 437. The van der Waals surface area contributed by atoms with Crippen molar-refractivity contribution in [2.24, 2.45) is 5.92 Å². The Hall–Kier alpha value is -1.25. The standard InChI is InChI=1S/C10H12BrN3O4/c11-9-3-8(14(15)16)4-12-10(9)13-18-6-7-1-2-17-5-7/h3-4,7H,1-2,5-6H2,(H,12,13). The molecule has 2 heterocycles. The third-order valence-corrected chi connectivity index (χ3v) is 3.15. The van der Waals surface area contributed by atoms with E-state index in [0.717, 1.165) is 13.0 Å². The summed E-state index contributed by atoms with van der Waals surface area (Å²) < 4.78 is 5.70. The Morgan fingerprint density at radius 3 is 3.17 bits per heavy atom. The van der Waals surface area contributed by atoms with Gasteiger partial charge < -0.3 is 4.74 Å². The second kappa shape index (κ2) is 6.07. The number of ether oxygens (including phenoxy) is 1. The fraction of sp³-hybridized carbons (Fsp3) is 0.500. The Morgan fingerprint density at radius 2 is 2.56 bits per heavy atom. The Balaban J connectivity index is 1.87. The third kappa shape index (κ3) is 3.37. The van der Waals surface area contributed by atoms with Crippen LogP contribution in [0.5, 0.6) is 0 Å². The number of halogens is 1. The van der Waals surface area contributed by atoms with Crippen LogP contribution in [-0.4, -0.2) is 29.7 Å². The molecule has 0 saturated carbocycles. The van der Waals surface area contributed by atoms with Crippen molar-refractivity contribution in [1.29, 1.82) is 0 Å². The molecule has 1 saturated heterocycles. The van der Waals surface area contributed by atoms with E-state index in [1.54, 1.807) is 0 Å². The van der Waals surface area contributed by atoms with E-state index in [4.69, 9.17) is 9.57 Å². The van der Waals surface area contributed by atoms with E-state index in [2.05, 4.69) is 26.4 Å². The lowest BCUT2D eigenvalue weighted by atomic mass is 10.1. The summed E-state index contributed by atoms with van der Waals surface area (Å²) in [5, 5.41) is 10.5. The van der Waals surface area contributed by atoms with Crippen molar-refractivity contribution in [3.63, 3.8) is 0 Å². The molecule has 1 atom stereocenters. The zero-order valence-electron chi connectivity index (χ0n) is 9.47. The van der Waals surface area contributed by atoms with Crippen molar-refractivity contribution in [1.82, 2.24) is 4.98 Å². The number of hydrogen-bond acceptors (Lipinski definition) is 6. The van der Waals surface area contributed by atoms with Gasteiger partial charge in [0.2, 0.25) is 0 Å². The molecule has 2 rings (SSSR count). The number of nitrogens with one attached hydrogen (secondary N) is 1. The normalized spacial score (nSPS) is 18.8. The van der Waals surface area contributed by atoms with Crippen LogP contribution < -0.4 is 5.48 Å². The van der Waals surface area contributed by atoms with E-state index in [-0.39, 0.29) is 5.69 Å². The average molecular weight is 318 g/mol. The summed E-state index contributed by atoms with van der Waals surface area (Å²) in [6.07, 6.45) is 2.16. The van der Waals surface area contributed by atoms with Gasteiger partial charge in [-0.3, -0.25) is 15.0 Å². The summed E-state index contributed by atoms with van der Waals surface area (Å²) in [4.78, 5) is 19.2. The van der Waals surface area contributed by atoms with Gasteiger partial charge in [0.1, 0.15) is 6.20 Å². The van der Waals surface area contributed by atoms with Crippen molar-refractivity contribution in [2.45, 2.75) is 6.42 Å². The molecular formula is C10H12BrN3O4. The van der Waals surface area contributed by atoms with Crippen LogP contribution >= 0.6 is 15.9 Å². The molecule has 7 nitrogen and oxygen atoms in total. The highest BCUT2D eigenvalue weighted by Gasteiger charge is 2.16. The van der Waals surface area contributed by atoms with E-state index in [1.165, 1.54) is 12.3 Å². The van der Waals surface area contributed by atoms with Gasteiger partial charge in [-0.25, -0.2) is 10.5 Å². The Kier molecular flexibility index (Phi) is 4.45. The maximum Gasteiger partial charge on any atom is 0.288 e. The second-order valence-corrected chi connectivity index (χ2v) is 4.78. The van der Waals surface area contributed by atoms with Crippen molar-refractivity contribution in [3.8, 4) is 0 Å². The number of anilines is 1. The Morgan fingerprint density at radius 1 is 1.72 bits per heavy atom. The molecule has 0 radical (unpaired) electrons. The number of nitro groups is 1. The monoisotopic (exact) mass is 317 g/mol. The smallest absolute Gasteiger partial charge is 0.288 e. The molecule has 0 amide bonds. The van der Waals surface area contributed by atoms with Crippen LogP contribution in [-0.2, 0) is 9.57 Å². The first-order chi connectivity index (χ1) is 8.66. The minimum atomic E-state index is -0.502. The maximum absolute atomic E-state index is 10.5. The highest BCUT2D eigenvalue weighted by atomic mass is 79.9. The fourth-order valence-corrected chi connectivity index (χ4v) is 1.96. The van der Waals surface area contributed by atoms with Crippen LogP contribution in [0.3, 0.4) is 0 Å². The number of aromatic nitrogens is 1. The molecule has 0 aromatic carbocycles. The first-order valence-electron chi connectivity index (χ1n) is 5.42. The summed E-state index contributed by atoms with van der Waals surface area (Å²) in [5.41, 5.74) is 2.60. The van der Waals surface area contributed by atoms with Crippen molar-refractivity contribution in [2.75, 3.05) is 25.3 Å². The van der Waals surface area contributed by atoms with Gasteiger partial charge in [0, 0.05) is 18.6 Å². The van der Waals surface area contributed by atoms with Gasteiger partial charge >= 0.3 is 0 Å². The van der Waals surface area contributed by atoms with Gasteiger partial charge in [0.25, 0.3) is 5.69 Å². The lowest BCUT2D eigenvalue weighted by Gasteiger charge is -2.10. The summed E-state index contributed by atoms with van der Waals surface area (Å²) >= 11 is 3.20. The number of hydrogen-bond donors (Lipinski definition) is 1. The first kappa shape index (κ1) is 13.2. The summed E-state index contributed by atoms with van der Waals surface area (Å²) in [7, 11) is 0. The van der Waals surface area contributed by atoms with Crippen LogP contribution in [0.4, 0.5) is 11.5 Å². The number of pyridine rings is 1. The first-order valence-corrected chi connectivity index (χ1v) is 6.21. The zero-order chi connectivity index (χ0) is 13.0. The van der Waals surface area contributed by atoms with Gasteiger partial charge in [-0.15, -0.1) is 0 Å². The maximum atomic E-state index is 10.5. The van der Waals surface area contributed by atoms with Crippen LogP contribution in [0, 0.1) is 16.0 Å². The topological polar surface area (TPSA) is 86.5 Å². The largest absolute Gasteiger partial charge is 0.381 e. The highest BCUT2D eigenvalue weighted by molar-refractivity contribution is 9.10. The lowest BCUT2D eigenvalue weighted by Crippen LogP contribution is -2.13. The highest BCUT2D eigenvalue weighted by Crippen LogP contribution is 2.24. The van der Waals surface area contributed by atoms with Gasteiger partial charge in [0.05, 0.1) is 22.6 Å². The van der Waals surface area contributed by atoms with Crippen molar-refractivity contribution in [3.05, 3.63) is 26.9 Å². The minimum Gasteiger partial charge on any atom is -0.381 e. The molecule has 1 aliphatic rings. The van der Waals surface area contributed by atoms with Crippen molar-refractivity contribution >= 4 is 27.4 Å². The fourth-order valence-electron chi connectivity index (χ4n) is 1.55. The summed E-state index contributed by atoms with van der Waals surface area (Å²) in [6.45, 7) is 2.00. The van der Waals surface area contributed by atoms with Crippen LogP contribution in [0.2, 0.25) is 0 Å². The molecule has 18 heavy (non-hydrogen) atoms. The quantitative estimate of drug-likeness (QED) is 0.661. The Labute approximate surface area is 112 Å². The van der Waals surface area contributed by atoms with Gasteiger partial charge in [-0.05, 0) is 22.4 Å². The van der Waals surface area contributed by atoms with E-state index in [1.807, 2.05) is 0 Å². The van der Waals surface area contributed by atoms with Crippen molar-refractivity contribution < 1.29 is 14.5 Å². The zero-order valence-corrected chi connectivity index (χ0v) is 11.1. The predicted octanol–water partition coefficient (Wildman–Crippen LogP) is 2.13. The predicted molar refractivity (Wildman–Crippen MR) is 67.1 cm³/mol. The molecule has 8 heteroatoms. The molecule has 1 aliphatic heterocycles. The van der Waals surface area contributed by atoms with Crippen LogP contribution in [0.25, 0.3) is 0 Å². The molecule has 0 aliphatic carbocycles. The van der Waals surface area contributed by atoms with Gasteiger partial charge in [-0.2, -0.15) is 0 Å². The molecular weight excluding hydrogens is 306 g/mol. The number of nitrogens with zero attached hydrogens (tertiary/aromatic N) is 2. The molecule has 1 fully saturated rings. The molecule has 1 unspecified atom stereocenters. The second-order valence-electron chi connectivity index (χ2n) is 3.92. The molecule has 1 aromatic rings. The lowest BCUT2D eigenvalue weighted by molar-refractivity contribution is -0.385. The van der Waals surface area contributed by atoms with Crippen LogP contribution in [0.1, 0.15) is 6.42 Å². The molecule has 1 aromatic heterocycles. The minimum absolute atomic E-state index is 0.0726. The molecule has 0 spiro atoms. The molecule has 1 N–H and O–H groups in total. The summed E-state index contributed by atoms with van der Waals surface area (Å²) in [5.74, 6) is 0.800.